The van der Waals surface area contributed by atoms with Crippen LogP contribution in [-0.2, 0) is 6.42 Å². The summed E-state index contributed by atoms with van der Waals surface area (Å²) >= 11 is 3.04. The third-order valence-electron chi connectivity index (χ3n) is 5.02. The molecular formula is C25H18N2OS2. The van der Waals surface area contributed by atoms with E-state index in [0.717, 1.165) is 37.5 Å². The Bertz CT molecular complexity index is 1320. The van der Waals surface area contributed by atoms with Crippen LogP contribution in [0.3, 0.4) is 0 Å². The molecule has 0 aliphatic rings. The maximum atomic E-state index is 13.1. The number of fused-ring (bicyclic) bond motifs is 1. The number of rotatable bonds is 5. The summed E-state index contributed by atoms with van der Waals surface area (Å²) in [4.78, 5) is 20.4. The lowest BCUT2D eigenvalue weighted by Crippen LogP contribution is -2.04. The van der Waals surface area contributed by atoms with Crippen LogP contribution in [0, 0.1) is 0 Å². The van der Waals surface area contributed by atoms with Crippen molar-refractivity contribution in [3.05, 3.63) is 94.7 Å². The minimum Gasteiger partial charge on any atom is -0.397 e. The number of nitrogens with zero attached hydrogens (tertiary/aromatic N) is 1. The van der Waals surface area contributed by atoms with Gasteiger partial charge in [0.2, 0.25) is 0 Å². The number of nitrogen functional groups attached to an aromatic ring is 1. The molecule has 5 rings (SSSR count). The number of hydrogen-bond donors (Lipinski definition) is 1. The Morgan fingerprint density at radius 1 is 0.933 bits per heavy atom. The number of Topliss-reactive ketones (excluding diaryl/α,β-unsaturated/α-hetero) is 1. The Kier molecular flexibility index (Phi) is 4.91. The number of benzene rings is 2. The number of ketones is 1. The second-order valence-corrected chi connectivity index (χ2v) is 8.96. The zero-order chi connectivity index (χ0) is 20.5. The predicted octanol–water partition coefficient (Wildman–Crippen LogP) is 6.70. The Balaban J connectivity index is 1.68. The van der Waals surface area contributed by atoms with Gasteiger partial charge in [0, 0.05) is 11.8 Å². The summed E-state index contributed by atoms with van der Waals surface area (Å²) < 4.78 is 0. The summed E-state index contributed by atoms with van der Waals surface area (Å²) in [5.74, 6) is 0.0263. The highest BCUT2D eigenvalue weighted by atomic mass is 32.1. The van der Waals surface area contributed by atoms with Gasteiger partial charge in [0.25, 0.3) is 0 Å². The summed E-state index contributed by atoms with van der Waals surface area (Å²) in [6.45, 7) is 0. The van der Waals surface area contributed by atoms with Gasteiger partial charge in [-0.25, -0.2) is 4.98 Å². The molecule has 0 amide bonds. The van der Waals surface area contributed by atoms with Gasteiger partial charge in [-0.3, -0.25) is 4.79 Å². The van der Waals surface area contributed by atoms with Crippen LogP contribution in [-0.4, -0.2) is 10.8 Å². The molecule has 2 N–H and O–H groups in total. The van der Waals surface area contributed by atoms with Crippen LogP contribution in [0.15, 0.2) is 84.2 Å². The number of pyridine rings is 1. The molecule has 0 spiro atoms. The van der Waals surface area contributed by atoms with Crippen molar-refractivity contribution < 1.29 is 4.79 Å². The monoisotopic (exact) mass is 426 g/mol. The van der Waals surface area contributed by atoms with Gasteiger partial charge in [0.05, 0.1) is 21.1 Å². The first-order valence-electron chi connectivity index (χ1n) is 9.60. The van der Waals surface area contributed by atoms with Crippen molar-refractivity contribution in [1.29, 1.82) is 0 Å². The molecule has 0 aliphatic carbocycles. The molecule has 0 radical (unpaired) electrons. The van der Waals surface area contributed by atoms with E-state index in [2.05, 4.69) is 24.3 Å². The molecule has 5 heteroatoms. The zero-order valence-electron chi connectivity index (χ0n) is 16.0. The highest BCUT2D eigenvalue weighted by molar-refractivity contribution is 7.21. The van der Waals surface area contributed by atoms with Gasteiger partial charge < -0.3 is 5.73 Å². The summed E-state index contributed by atoms with van der Waals surface area (Å²) in [5, 5.41) is 2.91. The lowest BCUT2D eigenvalue weighted by molar-refractivity contribution is 0.0997. The number of carbonyl (C=O) groups excluding carboxylic acids is 1. The highest BCUT2D eigenvalue weighted by Crippen LogP contribution is 2.42. The fraction of sp³-hybridized carbons (Fsp3) is 0.0400. The summed E-state index contributed by atoms with van der Waals surface area (Å²) in [7, 11) is 0. The van der Waals surface area contributed by atoms with E-state index in [9.17, 15) is 4.79 Å². The van der Waals surface area contributed by atoms with Crippen LogP contribution in [0.25, 0.3) is 31.9 Å². The van der Waals surface area contributed by atoms with Crippen molar-refractivity contribution in [3.8, 4) is 21.7 Å². The Morgan fingerprint density at radius 3 is 2.37 bits per heavy atom. The van der Waals surface area contributed by atoms with E-state index >= 15 is 0 Å². The van der Waals surface area contributed by atoms with Crippen molar-refractivity contribution in [3.63, 3.8) is 0 Å². The quantitative estimate of drug-likeness (QED) is 0.318. The standard InChI is InChI=1S/C25H18N2OS2/c26-23-22-18(17-10-5-2-6-11-17)15-19(21-12-7-13-29-21)27-25(22)30-24(23)20(28)14-16-8-3-1-4-9-16/h1-13,15H,14,26H2. The van der Waals surface area contributed by atoms with Gasteiger partial charge in [-0.15, -0.1) is 22.7 Å². The number of hydrogen-bond acceptors (Lipinski definition) is 5. The summed E-state index contributed by atoms with van der Waals surface area (Å²) in [5.41, 5.74) is 11.0. The van der Waals surface area contributed by atoms with E-state index in [1.807, 2.05) is 60.0 Å². The molecule has 146 valence electrons. The summed E-state index contributed by atoms with van der Waals surface area (Å²) in [6, 6.07) is 26.1. The smallest absolute Gasteiger partial charge is 0.179 e. The molecule has 3 aromatic heterocycles. The molecule has 0 aliphatic heterocycles. The topological polar surface area (TPSA) is 56.0 Å². The molecular weight excluding hydrogens is 408 g/mol. The number of carbonyl (C=O) groups is 1. The van der Waals surface area contributed by atoms with Crippen molar-refractivity contribution in [2.75, 3.05) is 5.73 Å². The van der Waals surface area contributed by atoms with Crippen molar-refractivity contribution in [2.24, 2.45) is 0 Å². The molecule has 2 aromatic carbocycles. The first-order chi connectivity index (χ1) is 14.7. The Hall–Kier alpha value is -3.28. The normalized spacial score (nSPS) is 11.1. The van der Waals surface area contributed by atoms with E-state index in [1.54, 1.807) is 11.3 Å². The molecule has 3 heterocycles. The molecule has 0 unspecified atom stereocenters. The summed E-state index contributed by atoms with van der Waals surface area (Å²) in [6.07, 6.45) is 0.330. The second kappa shape index (κ2) is 7.86. The van der Waals surface area contributed by atoms with Crippen LogP contribution in [0.2, 0.25) is 0 Å². The number of nitrogens with two attached hydrogens (primary N) is 1. The first kappa shape index (κ1) is 18.7. The molecule has 0 saturated carbocycles. The molecule has 5 aromatic rings. The van der Waals surface area contributed by atoms with E-state index < -0.39 is 0 Å². The average molecular weight is 427 g/mol. The van der Waals surface area contributed by atoms with Crippen LogP contribution in [0.5, 0.6) is 0 Å². The Morgan fingerprint density at radius 2 is 1.67 bits per heavy atom. The first-order valence-corrected chi connectivity index (χ1v) is 11.3. The van der Waals surface area contributed by atoms with Gasteiger partial charge >= 0.3 is 0 Å². The third kappa shape index (κ3) is 3.43. The zero-order valence-corrected chi connectivity index (χ0v) is 17.7. The predicted molar refractivity (Wildman–Crippen MR) is 127 cm³/mol. The van der Waals surface area contributed by atoms with Crippen molar-refractivity contribution >= 4 is 44.4 Å². The van der Waals surface area contributed by atoms with Gasteiger partial charge in [0.15, 0.2) is 5.78 Å². The molecule has 3 nitrogen and oxygen atoms in total. The fourth-order valence-electron chi connectivity index (χ4n) is 3.59. The number of thiophene rings is 2. The van der Waals surface area contributed by atoms with Crippen LogP contribution >= 0.6 is 22.7 Å². The minimum absolute atomic E-state index is 0.0263. The van der Waals surface area contributed by atoms with Gasteiger partial charge in [-0.2, -0.15) is 0 Å². The van der Waals surface area contributed by atoms with Crippen LogP contribution in [0.4, 0.5) is 5.69 Å². The third-order valence-corrected chi connectivity index (χ3v) is 7.05. The van der Waals surface area contributed by atoms with E-state index in [1.165, 1.54) is 11.3 Å². The minimum atomic E-state index is 0.0263. The molecule has 30 heavy (non-hydrogen) atoms. The fourth-order valence-corrected chi connectivity index (χ4v) is 5.33. The van der Waals surface area contributed by atoms with E-state index in [0.29, 0.717) is 17.0 Å². The van der Waals surface area contributed by atoms with Crippen molar-refractivity contribution in [1.82, 2.24) is 4.98 Å². The highest BCUT2D eigenvalue weighted by Gasteiger charge is 2.21. The van der Waals surface area contributed by atoms with Crippen LogP contribution < -0.4 is 5.73 Å². The Labute approximate surface area is 182 Å². The molecule has 0 bridgehead atoms. The van der Waals surface area contributed by atoms with Gasteiger partial charge in [-0.05, 0) is 34.2 Å². The average Bonchev–Trinajstić information content (AvgIpc) is 3.43. The SMILES string of the molecule is Nc1c(C(=O)Cc2ccccc2)sc2nc(-c3cccs3)cc(-c3ccccc3)c12. The lowest BCUT2D eigenvalue weighted by atomic mass is 10.00. The lowest BCUT2D eigenvalue weighted by Gasteiger charge is -2.08. The van der Waals surface area contributed by atoms with Crippen molar-refractivity contribution in [2.45, 2.75) is 6.42 Å². The van der Waals surface area contributed by atoms with Gasteiger partial charge in [-0.1, -0.05) is 66.7 Å². The maximum Gasteiger partial charge on any atom is 0.179 e. The maximum absolute atomic E-state index is 13.1. The molecule has 0 saturated heterocycles. The molecule has 0 atom stereocenters. The number of aromatic nitrogens is 1. The molecule has 0 fully saturated rings. The second-order valence-electron chi connectivity index (χ2n) is 7.01. The van der Waals surface area contributed by atoms with E-state index in [4.69, 9.17) is 10.7 Å². The van der Waals surface area contributed by atoms with Gasteiger partial charge in [0.1, 0.15) is 4.83 Å². The number of anilines is 1. The van der Waals surface area contributed by atoms with E-state index in [-0.39, 0.29) is 5.78 Å². The van der Waals surface area contributed by atoms with Crippen LogP contribution in [0.1, 0.15) is 15.2 Å². The largest absolute Gasteiger partial charge is 0.397 e.